The van der Waals surface area contributed by atoms with Gasteiger partial charge in [-0.2, -0.15) is 0 Å². The van der Waals surface area contributed by atoms with Crippen molar-refractivity contribution in [2.75, 3.05) is 0 Å². The predicted octanol–water partition coefficient (Wildman–Crippen LogP) is 25.0. The second-order valence-corrected chi connectivity index (χ2v) is 26.0. The third-order valence-corrected chi connectivity index (χ3v) is 20.9. The molecule has 17 aromatic carbocycles. The molecule has 1 aliphatic carbocycles. The molecule has 0 saturated carbocycles. The Morgan fingerprint density at radius 2 is 0.604 bits per heavy atom. The van der Waals surface area contributed by atoms with Crippen molar-refractivity contribution in [2.45, 2.75) is 0 Å². The van der Waals surface area contributed by atoms with E-state index in [-0.39, 0.29) is 0 Å². The molecule has 4 aromatic heterocycles. The van der Waals surface area contributed by atoms with Crippen LogP contribution in [0.5, 0.6) is 0 Å². The lowest BCUT2D eigenvalue weighted by Gasteiger charge is -2.13. The lowest BCUT2D eigenvalue weighted by Crippen LogP contribution is -1.96. The van der Waals surface area contributed by atoms with Gasteiger partial charge in [-0.15, -0.1) is 0 Å². The summed E-state index contributed by atoms with van der Waals surface area (Å²) < 4.78 is 7.40. The standard InChI is InChI=1S/C54H32N2.C38H24N2/c1-2-12-35-30-38(24-20-33(35)10-1)55-51-27-22-37(32-48(51)45-25-21-34-11-3-4-13-39(34)54(45)55)36-23-28-52-47(31-36)42-16-7-8-19-49(42)56(52)50-29-26-44-41-15-6-5-14-40(41)43-17-9-18-46(50)53(43)44;1-2-9-26-21-29(17-13-24(26)7-1)40-37-20-16-28(23-34(37)32-18-14-25-8-3-4-10-30(25)38(32)40)27-15-19-36-33(22-27)31-11-5-6-12-35(31)39-36/h1-32H;1-23,39H. The Morgan fingerprint density at radius 3 is 1.20 bits per heavy atom. The van der Waals surface area contributed by atoms with Gasteiger partial charge in [-0.05, 0) is 173 Å². The molecule has 4 heteroatoms. The fourth-order valence-electron chi connectivity index (χ4n) is 16.5. The number of rotatable bonds is 5. The molecule has 0 aliphatic heterocycles. The van der Waals surface area contributed by atoms with Gasteiger partial charge in [0.2, 0.25) is 0 Å². The number of para-hydroxylation sites is 2. The van der Waals surface area contributed by atoms with Gasteiger partial charge in [0.1, 0.15) is 0 Å². The van der Waals surface area contributed by atoms with Crippen molar-refractivity contribution in [1.82, 2.24) is 18.7 Å². The molecule has 444 valence electrons. The zero-order valence-corrected chi connectivity index (χ0v) is 52.1. The molecule has 0 amide bonds. The van der Waals surface area contributed by atoms with Crippen molar-refractivity contribution in [3.63, 3.8) is 0 Å². The number of nitrogens with one attached hydrogen (secondary N) is 1. The van der Waals surface area contributed by atoms with Crippen molar-refractivity contribution in [3.05, 3.63) is 334 Å². The molecule has 0 spiro atoms. The fraction of sp³-hybridized carbons (Fsp3) is 0. The summed E-state index contributed by atoms with van der Waals surface area (Å²) >= 11 is 0. The van der Waals surface area contributed by atoms with Crippen LogP contribution in [0.2, 0.25) is 0 Å². The fourth-order valence-corrected chi connectivity index (χ4v) is 16.5. The van der Waals surface area contributed by atoms with Crippen LogP contribution in [0.3, 0.4) is 0 Å². The Morgan fingerprint density at radius 1 is 0.198 bits per heavy atom. The number of hydrogen-bond donors (Lipinski definition) is 1. The quantitative estimate of drug-likeness (QED) is 0.178. The topological polar surface area (TPSA) is 30.6 Å². The van der Waals surface area contributed by atoms with Gasteiger partial charge in [-0.3, -0.25) is 0 Å². The molecule has 1 N–H and O–H groups in total. The summed E-state index contributed by atoms with van der Waals surface area (Å²) in [6, 6.07) is 123. The van der Waals surface area contributed by atoms with Crippen LogP contribution in [0.25, 0.3) is 203 Å². The second-order valence-electron chi connectivity index (χ2n) is 26.0. The van der Waals surface area contributed by atoms with Crippen LogP contribution < -0.4 is 0 Å². The van der Waals surface area contributed by atoms with E-state index in [1.807, 2.05) is 0 Å². The highest BCUT2D eigenvalue weighted by Gasteiger charge is 2.25. The number of aromatic nitrogens is 4. The number of benzene rings is 17. The Hall–Kier alpha value is -12.8. The third kappa shape index (κ3) is 7.78. The van der Waals surface area contributed by atoms with Crippen molar-refractivity contribution in [1.29, 1.82) is 0 Å². The number of aromatic amines is 1. The zero-order valence-electron chi connectivity index (χ0n) is 52.1. The molecule has 0 bridgehead atoms. The Balaban J connectivity index is 0.000000135. The van der Waals surface area contributed by atoms with E-state index in [4.69, 9.17) is 0 Å². The molecule has 4 heterocycles. The maximum Gasteiger partial charge on any atom is 0.0619 e. The Bertz CT molecular complexity index is 6870. The normalized spacial score (nSPS) is 12.2. The molecule has 0 unspecified atom stereocenters. The van der Waals surface area contributed by atoms with Crippen LogP contribution in [0, 0.1) is 0 Å². The first-order chi connectivity index (χ1) is 47.6. The molecule has 0 fully saturated rings. The van der Waals surface area contributed by atoms with Gasteiger partial charge < -0.3 is 18.7 Å². The Labute approximate surface area is 551 Å². The number of hydrogen-bond acceptors (Lipinski definition) is 0. The maximum atomic E-state index is 3.56. The first-order valence-corrected chi connectivity index (χ1v) is 33.2. The van der Waals surface area contributed by atoms with E-state index in [2.05, 4.69) is 352 Å². The summed E-state index contributed by atoms with van der Waals surface area (Å²) in [5.74, 6) is 0. The summed E-state index contributed by atoms with van der Waals surface area (Å²) in [4.78, 5) is 3.56. The van der Waals surface area contributed by atoms with Crippen molar-refractivity contribution in [2.24, 2.45) is 0 Å². The maximum absolute atomic E-state index is 3.56. The number of nitrogens with zero attached hydrogens (tertiary/aromatic N) is 3. The average molecular weight is 1220 g/mol. The first kappa shape index (κ1) is 52.8. The van der Waals surface area contributed by atoms with Crippen molar-refractivity contribution in [3.8, 4) is 61.6 Å². The van der Waals surface area contributed by atoms with E-state index in [0.29, 0.717) is 0 Å². The van der Waals surface area contributed by atoms with Crippen molar-refractivity contribution >= 4 is 141 Å². The van der Waals surface area contributed by atoms with Gasteiger partial charge in [0.25, 0.3) is 0 Å². The van der Waals surface area contributed by atoms with Gasteiger partial charge >= 0.3 is 0 Å². The van der Waals surface area contributed by atoms with Crippen LogP contribution in [0.15, 0.2) is 334 Å². The molecule has 0 saturated heterocycles. The van der Waals surface area contributed by atoms with Crippen molar-refractivity contribution < 1.29 is 0 Å². The number of H-pyrrole nitrogens is 1. The van der Waals surface area contributed by atoms with Crippen LogP contribution in [0.1, 0.15) is 0 Å². The minimum absolute atomic E-state index is 1.17. The van der Waals surface area contributed by atoms with Gasteiger partial charge in [0.05, 0.1) is 38.8 Å². The van der Waals surface area contributed by atoms with Crippen LogP contribution in [-0.4, -0.2) is 18.7 Å². The average Bonchev–Trinajstić information content (AvgIpc) is 1.58. The van der Waals surface area contributed by atoms with Gasteiger partial charge in [-0.1, -0.05) is 243 Å². The zero-order chi connectivity index (χ0) is 62.7. The predicted molar refractivity (Wildman–Crippen MR) is 408 cm³/mol. The molecular weight excluding hydrogens is 1160 g/mol. The monoisotopic (exact) mass is 1220 g/mol. The summed E-state index contributed by atoms with van der Waals surface area (Å²) in [6.07, 6.45) is 0. The molecule has 4 nitrogen and oxygen atoms in total. The third-order valence-electron chi connectivity index (χ3n) is 20.9. The second kappa shape index (κ2) is 20.4. The highest BCUT2D eigenvalue weighted by atomic mass is 15.0. The SMILES string of the molecule is c1ccc2c(c1)-c1cccc3c(-n4c5ccccc5c5cc(-c6ccc7c(c6)c6ccc8ccccc8c6n7-c6ccc7ccccc7c6)ccc54)ccc-2c13.c1ccc2cc(-n3c4ccc(-c5ccc6[nH]c7ccccc7c6c5)cc4c4ccc5ccccc5c43)ccc2c1. The largest absolute Gasteiger partial charge is 0.355 e. The molecular formula is C92H56N4. The Kier molecular flexibility index (Phi) is 11.2. The number of fused-ring (bicyclic) bond motifs is 21. The molecule has 0 radical (unpaired) electrons. The highest BCUT2D eigenvalue weighted by Crippen LogP contribution is 2.50. The molecule has 0 atom stereocenters. The minimum atomic E-state index is 1.17. The molecule has 96 heavy (non-hydrogen) atoms. The van der Waals surface area contributed by atoms with E-state index in [9.17, 15) is 0 Å². The summed E-state index contributed by atoms with van der Waals surface area (Å²) in [7, 11) is 0. The van der Waals surface area contributed by atoms with Gasteiger partial charge in [-0.25, -0.2) is 0 Å². The molecule has 21 aromatic rings. The van der Waals surface area contributed by atoms with Gasteiger partial charge in [0, 0.05) is 81.7 Å². The smallest absolute Gasteiger partial charge is 0.0619 e. The summed E-state index contributed by atoms with van der Waals surface area (Å²) in [6.45, 7) is 0. The lowest BCUT2D eigenvalue weighted by atomic mass is 10.00. The lowest BCUT2D eigenvalue weighted by molar-refractivity contribution is 1.19. The van der Waals surface area contributed by atoms with Crippen LogP contribution in [0.4, 0.5) is 0 Å². The van der Waals surface area contributed by atoms with E-state index in [0.717, 1.165) is 0 Å². The first-order valence-electron chi connectivity index (χ1n) is 33.2. The van der Waals surface area contributed by atoms with E-state index < -0.39 is 0 Å². The highest BCUT2D eigenvalue weighted by molar-refractivity contribution is 6.23. The molecule has 1 aliphatic rings. The van der Waals surface area contributed by atoms with Crippen LogP contribution >= 0.6 is 0 Å². The summed E-state index contributed by atoms with van der Waals surface area (Å²) in [5.41, 5.74) is 23.5. The van der Waals surface area contributed by atoms with E-state index >= 15 is 0 Å². The van der Waals surface area contributed by atoms with E-state index in [1.165, 1.54) is 203 Å². The summed E-state index contributed by atoms with van der Waals surface area (Å²) in [5, 5.41) is 22.8. The minimum Gasteiger partial charge on any atom is -0.355 e. The molecule has 22 rings (SSSR count). The van der Waals surface area contributed by atoms with E-state index in [1.54, 1.807) is 0 Å². The van der Waals surface area contributed by atoms with Crippen LogP contribution in [-0.2, 0) is 0 Å². The van der Waals surface area contributed by atoms with Gasteiger partial charge in [0.15, 0.2) is 0 Å².